The van der Waals surface area contributed by atoms with Gasteiger partial charge in [-0.3, -0.25) is 4.79 Å². The summed E-state index contributed by atoms with van der Waals surface area (Å²) in [6, 6.07) is 17.9. The molecule has 0 aliphatic carbocycles. The number of piperidine rings is 1. The summed E-state index contributed by atoms with van der Waals surface area (Å²) >= 11 is 0. The van der Waals surface area contributed by atoms with Gasteiger partial charge in [0.25, 0.3) is 5.91 Å². The van der Waals surface area contributed by atoms with Crippen LogP contribution in [0.2, 0.25) is 0 Å². The lowest BCUT2D eigenvalue weighted by molar-refractivity contribution is 0.0656. The van der Waals surface area contributed by atoms with Crippen LogP contribution in [-0.2, 0) is 6.42 Å². The van der Waals surface area contributed by atoms with Crippen molar-refractivity contribution >= 4 is 5.91 Å². The third-order valence-electron chi connectivity index (χ3n) is 5.72. The van der Waals surface area contributed by atoms with Crippen LogP contribution < -0.4 is 0 Å². The Balaban J connectivity index is 1.27. The number of hydrogen-bond acceptors (Lipinski definition) is 5. The van der Waals surface area contributed by atoms with E-state index in [1.165, 1.54) is 12.1 Å². The van der Waals surface area contributed by atoms with Gasteiger partial charge in [0.2, 0.25) is 5.76 Å². The fourth-order valence-corrected chi connectivity index (χ4v) is 4.08. The minimum absolute atomic E-state index is 0.0196. The molecule has 0 N–H and O–H groups in total. The van der Waals surface area contributed by atoms with Gasteiger partial charge in [0.05, 0.1) is 12.1 Å². The fraction of sp³-hybridized carbons (Fsp3) is 0.240. The summed E-state index contributed by atoms with van der Waals surface area (Å²) in [4.78, 5) is 19.2. The van der Waals surface area contributed by atoms with Gasteiger partial charge in [-0.15, -0.1) is 0 Å². The van der Waals surface area contributed by atoms with Crippen molar-refractivity contribution in [2.24, 2.45) is 0 Å². The molecule has 0 spiro atoms. The molecule has 0 bridgehead atoms. The average Bonchev–Trinajstić information content (AvgIpc) is 3.50. The van der Waals surface area contributed by atoms with Crippen molar-refractivity contribution < 1.29 is 18.1 Å². The van der Waals surface area contributed by atoms with E-state index in [0.29, 0.717) is 36.7 Å². The highest BCUT2D eigenvalue weighted by Crippen LogP contribution is 2.29. The highest BCUT2D eigenvalue weighted by atomic mass is 19.1. The first-order chi connectivity index (χ1) is 15.7. The van der Waals surface area contributed by atoms with Gasteiger partial charge in [0.15, 0.2) is 5.89 Å². The molecule has 32 heavy (non-hydrogen) atoms. The molecule has 2 aromatic carbocycles. The van der Waals surface area contributed by atoms with Crippen molar-refractivity contribution in [3.63, 3.8) is 0 Å². The van der Waals surface area contributed by atoms with Crippen molar-refractivity contribution in [3.8, 4) is 11.3 Å². The molecule has 1 fully saturated rings. The van der Waals surface area contributed by atoms with Crippen LogP contribution in [0.15, 0.2) is 75.8 Å². The average molecular weight is 431 g/mol. The maximum Gasteiger partial charge on any atom is 0.292 e. The lowest BCUT2D eigenvalue weighted by Gasteiger charge is -2.30. The van der Waals surface area contributed by atoms with Gasteiger partial charge in [-0.25, -0.2) is 9.37 Å². The monoisotopic (exact) mass is 431 g/mol. The van der Waals surface area contributed by atoms with Crippen LogP contribution in [0.5, 0.6) is 0 Å². The van der Waals surface area contributed by atoms with E-state index in [1.54, 1.807) is 29.3 Å². The van der Waals surface area contributed by atoms with Gasteiger partial charge < -0.3 is 13.8 Å². The molecule has 0 saturated carbocycles. The quantitative estimate of drug-likeness (QED) is 0.441. The maximum absolute atomic E-state index is 14.0. The molecule has 6 nitrogen and oxygen atoms in total. The number of oxazole rings is 1. The maximum atomic E-state index is 14.0. The summed E-state index contributed by atoms with van der Waals surface area (Å²) in [6.45, 7) is 1.10. The molecule has 162 valence electrons. The molecule has 5 rings (SSSR count). The molecule has 1 unspecified atom stereocenters. The summed E-state index contributed by atoms with van der Waals surface area (Å²) in [5.41, 5.74) is 1.77. The highest BCUT2D eigenvalue weighted by Gasteiger charge is 2.30. The minimum Gasteiger partial charge on any atom is -0.445 e. The van der Waals surface area contributed by atoms with Gasteiger partial charge in [0.1, 0.15) is 17.3 Å². The second-order valence-electron chi connectivity index (χ2n) is 7.97. The van der Waals surface area contributed by atoms with E-state index in [4.69, 9.17) is 8.94 Å². The van der Waals surface area contributed by atoms with Crippen molar-refractivity contribution in [2.45, 2.75) is 25.2 Å². The Kier molecular flexibility index (Phi) is 5.54. The van der Waals surface area contributed by atoms with E-state index in [9.17, 15) is 9.18 Å². The number of benzene rings is 2. The zero-order chi connectivity index (χ0) is 21.9. The van der Waals surface area contributed by atoms with Crippen molar-refractivity contribution in [3.05, 3.63) is 95.7 Å². The Morgan fingerprint density at radius 2 is 1.94 bits per heavy atom. The molecule has 2 aromatic heterocycles. The zero-order valence-electron chi connectivity index (χ0n) is 17.4. The van der Waals surface area contributed by atoms with E-state index in [1.807, 2.05) is 18.2 Å². The van der Waals surface area contributed by atoms with Gasteiger partial charge in [0, 0.05) is 31.1 Å². The van der Waals surface area contributed by atoms with Gasteiger partial charge in [-0.2, -0.15) is 0 Å². The minimum atomic E-state index is -0.409. The number of hydrogen-bond donors (Lipinski definition) is 0. The third kappa shape index (κ3) is 4.19. The molecule has 1 saturated heterocycles. The molecule has 1 aliphatic heterocycles. The Bertz CT molecular complexity index is 1220. The Labute approximate surface area is 184 Å². The van der Waals surface area contributed by atoms with Crippen LogP contribution in [0.1, 0.15) is 46.5 Å². The van der Waals surface area contributed by atoms with Crippen LogP contribution in [0, 0.1) is 5.82 Å². The summed E-state index contributed by atoms with van der Waals surface area (Å²) in [5.74, 6) is 0.901. The van der Waals surface area contributed by atoms with Crippen LogP contribution >= 0.6 is 0 Å². The van der Waals surface area contributed by atoms with Crippen LogP contribution in [-0.4, -0.2) is 34.0 Å². The van der Waals surface area contributed by atoms with Crippen molar-refractivity contribution in [1.29, 1.82) is 0 Å². The number of amides is 1. The molecule has 1 aliphatic rings. The molecule has 1 amide bonds. The fourth-order valence-electron chi connectivity index (χ4n) is 4.08. The summed E-state index contributed by atoms with van der Waals surface area (Å²) < 4.78 is 25.3. The summed E-state index contributed by atoms with van der Waals surface area (Å²) in [6.07, 6.45) is 4.17. The predicted molar refractivity (Wildman–Crippen MR) is 116 cm³/mol. The molecule has 1 atom stereocenters. The largest absolute Gasteiger partial charge is 0.445 e. The lowest BCUT2D eigenvalue weighted by Crippen LogP contribution is -2.39. The normalized spacial score (nSPS) is 16.3. The van der Waals surface area contributed by atoms with Gasteiger partial charge in [-0.1, -0.05) is 47.6 Å². The van der Waals surface area contributed by atoms with Crippen LogP contribution in [0.25, 0.3) is 11.3 Å². The first-order valence-corrected chi connectivity index (χ1v) is 10.7. The first-order valence-electron chi connectivity index (χ1n) is 10.7. The number of carbonyl (C=O) groups is 1. The summed E-state index contributed by atoms with van der Waals surface area (Å²) in [7, 11) is 0. The van der Waals surface area contributed by atoms with Gasteiger partial charge >= 0.3 is 0 Å². The number of likely N-dealkylation sites (tertiary alicyclic amines) is 1. The molecule has 7 heteroatoms. The van der Waals surface area contributed by atoms with Crippen LogP contribution in [0.4, 0.5) is 4.39 Å². The second-order valence-corrected chi connectivity index (χ2v) is 7.97. The van der Waals surface area contributed by atoms with Gasteiger partial charge in [-0.05, 0) is 30.5 Å². The number of halogens is 1. The predicted octanol–water partition coefficient (Wildman–Crippen LogP) is 5.08. The van der Waals surface area contributed by atoms with E-state index in [-0.39, 0.29) is 17.6 Å². The SMILES string of the molecule is O=C(c1cc(-c2ccccc2F)no1)N1CCCC(c2ncc(Cc3ccccc3)o2)C1. The van der Waals surface area contributed by atoms with Crippen LogP contribution in [0.3, 0.4) is 0 Å². The van der Waals surface area contributed by atoms with E-state index >= 15 is 0 Å². The Morgan fingerprint density at radius 1 is 1.12 bits per heavy atom. The summed E-state index contributed by atoms with van der Waals surface area (Å²) in [5, 5.41) is 3.89. The van der Waals surface area contributed by atoms with Crippen molar-refractivity contribution in [1.82, 2.24) is 15.0 Å². The number of aromatic nitrogens is 2. The van der Waals surface area contributed by atoms with E-state index in [2.05, 4.69) is 22.3 Å². The smallest absolute Gasteiger partial charge is 0.292 e. The number of nitrogens with zero attached hydrogens (tertiary/aromatic N) is 3. The Hall–Kier alpha value is -3.74. The molecule has 0 radical (unpaired) electrons. The first kappa shape index (κ1) is 20.2. The Morgan fingerprint density at radius 3 is 2.78 bits per heavy atom. The number of rotatable bonds is 5. The standard InChI is InChI=1S/C25H22FN3O3/c26-21-11-5-4-10-20(21)22-14-23(32-28-22)25(30)29-12-6-9-18(16-29)24-27-15-19(31-24)13-17-7-2-1-3-8-17/h1-5,7-8,10-11,14-15,18H,6,9,12-13,16H2. The van der Waals surface area contributed by atoms with Crippen molar-refractivity contribution in [2.75, 3.05) is 13.1 Å². The molecular weight excluding hydrogens is 409 g/mol. The third-order valence-corrected chi connectivity index (χ3v) is 5.72. The molecule has 3 heterocycles. The van der Waals surface area contributed by atoms with E-state index in [0.717, 1.165) is 24.2 Å². The topological polar surface area (TPSA) is 72.4 Å². The number of carbonyl (C=O) groups excluding carboxylic acids is 1. The lowest BCUT2D eigenvalue weighted by atomic mass is 9.97. The molecular formula is C25H22FN3O3. The zero-order valence-corrected chi connectivity index (χ0v) is 17.4. The second kappa shape index (κ2) is 8.78. The van der Waals surface area contributed by atoms with E-state index < -0.39 is 5.82 Å². The molecule has 4 aromatic rings. The highest BCUT2D eigenvalue weighted by molar-refractivity contribution is 5.92.